The van der Waals surface area contributed by atoms with Gasteiger partial charge in [-0.2, -0.15) is 0 Å². The van der Waals surface area contributed by atoms with Gasteiger partial charge in [0.25, 0.3) is 5.91 Å². The van der Waals surface area contributed by atoms with Crippen LogP contribution in [-0.2, 0) is 9.59 Å². The fourth-order valence-electron chi connectivity index (χ4n) is 2.87. The van der Waals surface area contributed by atoms with Gasteiger partial charge in [-0.25, -0.2) is 4.90 Å². The second kappa shape index (κ2) is 5.64. The van der Waals surface area contributed by atoms with Crippen molar-refractivity contribution >= 4 is 23.2 Å². The van der Waals surface area contributed by atoms with Gasteiger partial charge in [-0.05, 0) is 37.1 Å². The predicted molar refractivity (Wildman–Crippen MR) is 86.9 cm³/mol. The van der Waals surface area contributed by atoms with Crippen molar-refractivity contribution < 1.29 is 9.59 Å². The highest BCUT2D eigenvalue weighted by Crippen LogP contribution is 2.30. The van der Waals surface area contributed by atoms with Crippen molar-refractivity contribution in [3.63, 3.8) is 0 Å². The first kappa shape index (κ1) is 14.3. The molecule has 112 valence electrons. The molecule has 0 radical (unpaired) electrons. The Morgan fingerprint density at radius 2 is 1.59 bits per heavy atom. The van der Waals surface area contributed by atoms with Crippen LogP contribution in [0.25, 0.3) is 0 Å². The lowest BCUT2D eigenvalue weighted by Crippen LogP contribution is -2.35. The van der Waals surface area contributed by atoms with E-state index in [1.807, 2.05) is 62.4 Å². The van der Waals surface area contributed by atoms with Crippen LogP contribution in [0, 0.1) is 13.8 Å². The van der Waals surface area contributed by atoms with E-state index in [0.29, 0.717) is 0 Å². The number of nitrogens with zero attached hydrogens (tertiary/aromatic N) is 1. The standard InChI is InChI=1S/C18H18N2O2/c1-12-7-6-8-13(2)17(12)20-16(21)11-15(18(20)22)19-14-9-4-3-5-10-14/h3-10,15,19H,11H2,1-2H3. The number of hydrogen-bond donors (Lipinski definition) is 1. The normalized spacial score (nSPS) is 17.9. The van der Waals surface area contributed by atoms with Crippen LogP contribution >= 0.6 is 0 Å². The highest BCUT2D eigenvalue weighted by Gasteiger charge is 2.40. The Bertz CT molecular complexity index is 705. The number of para-hydroxylation sites is 2. The Hall–Kier alpha value is -2.62. The number of benzene rings is 2. The lowest BCUT2D eigenvalue weighted by Gasteiger charge is -2.20. The number of nitrogens with one attached hydrogen (secondary N) is 1. The number of anilines is 2. The van der Waals surface area contributed by atoms with Crippen LogP contribution in [0.1, 0.15) is 17.5 Å². The van der Waals surface area contributed by atoms with Gasteiger partial charge in [0.2, 0.25) is 5.91 Å². The Morgan fingerprint density at radius 3 is 2.23 bits per heavy atom. The SMILES string of the molecule is Cc1cccc(C)c1N1C(=O)CC(Nc2ccccc2)C1=O. The van der Waals surface area contributed by atoms with E-state index < -0.39 is 6.04 Å². The van der Waals surface area contributed by atoms with Crippen LogP contribution in [-0.4, -0.2) is 17.9 Å². The van der Waals surface area contributed by atoms with Crippen LogP contribution in [0.5, 0.6) is 0 Å². The van der Waals surface area contributed by atoms with E-state index in [-0.39, 0.29) is 18.2 Å². The summed E-state index contributed by atoms with van der Waals surface area (Å²) in [6.07, 6.45) is 0.182. The molecule has 1 fully saturated rings. The monoisotopic (exact) mass is 294 g/mol. The van der Waals surface area contributed by atoms with E-state index >= 15 is 0 Å². The third-order valence-electron chi connectivity index (χ3n) is 3.92. The maximum atomic E-state index is 12.7. The minimum absolute atomic E-state index is 0.157. The zero-order chi connectivity index (χ0) is 15.7. The summed E-state index contributed by atoms with van der Waals surface area (Å²) in [5.41, 5.74) is 3.43. The zero-order valence-electron chi connectivity index (χ0n) is 12.7. The summed E-state index contributed by atoms with van der Waals surface area (Å²) in [4.78, 5) is 26.3. The summed E-state index contributed by atoms with van der Waals surface area (Å²) in [6, 6.07) is 14.7. The third-order valence-corrected chi connectivity index (χ3v) is 3.92. The molecule has 0 spiro atoms. The smallest absolute Gasteiger partial charge is 0.256 e. The number of hydrogen-bond acceptors (Lipinski definition) is 3. The van der Waals surface area contributed by atoms with Crippen LogP contribution in [0.4, 0.5) is 11.4 Å². The average Bonchev–Trinajstić information content (AvgIpc) is 2.76. The Kier molecular flexibility index (Phi) is 3.67. The summed E-state index contributed by atoms with van der Waals surface area (Å²) < 4.78 is 0. The second-order valence-corrected chi connectivity index (χ2v) is 5.57. The van der Waals surface area contributed by atoms with E-state index in [1.165, 1.54) is 4.90 Å². The molecule has 3 rings (SSSR count). The molecular formula is C18H18N2O2. The van der Waals surface area contributed by atoms with Gasteiger partial charge < -0.3 is 5.32 Å². The summed E-state index contributed by atoms with van der Waals surface area (Å²) >= 11 is 0. The van der Waals surface area contributed by atoms with E-state index in [1.54, 1.807) is 0 Å². The van der Waals surface area contributed by atoms with Crippen molar-refractivity contribution in [1.82, 2.24) is 0 Å². The molecule has 4 nitrogen and oxygen atoms in total. The maximum absolute atomic E-state index is 12.7. The minimum atomic E-state index is -0.506. The molecule has 1 atom stereocenters. The Balaban J connectivity index is 1.89. The van der Waals surface area contributed by atoms with Crippen molar-refractivity contribution in [1.29, 1.82) is 0 Å². The molecule has 1 N–H and O–H groups in total. The average molecular weight is 294 g/mol. The molecule has 2 amide bonds. The molecule has 2 aromatic carbocycles. The molecule has 1 saturated heterocycles. The molecule has 1 aliphatic heterocycles. The van der Waals surface area contributed by atoms with Gasteiger partial charge in [-0.15, -0.1) is 0 Å². The fraction of sp³-hybridized carbons (Fsp3) is 0.222. The van der Waals surface area contributed by atoms with Crippen molar-refractivity contribution in [2.45, 2.75) is 26.3 Å². The Labute approximate surface area is 129 Å². The fourth-order valence-corrected chi connectivity index (χ4v) is 2.87. The number of aryl methyl sites for hydroxylation is 2. The van der Waals surface area contributed by atoms with Crippen LogP contribution < -0.4 is 10.2 Å². The number of imide groups is 1. The quantitative estimate of drug-likeness (QED) is 0.885. The second-order valence-electron chi connectivity index (χ2n) is 5.57. The van der Waals surface area contributed by atoms with E-state index in [4.69, 9.17) is 0 Å². The lowest BCUT2D eigenvalue weighted by atomic mass is 10.1. The summed E-state index contributed by atoms with van der Waals surface area (Å²) in [5.74, 6) is -0.345. The van der Waals surface area contributed by atoms with Crippen molar-refractivity contribution in [3.05, 3.63) is 59.7 Å². The molecule has 0 aromatic heterocycles. The van der Waals surface area contributed by atoms with E-state index in [0.717, 1.165) is 22.5 Å². The summed E-state index contributed by atoms with van der Waals surface area (Å²) in [6.45, 7) is 3.84. The molecule has 1 aliphatic rings. The summed E-state index contributed by atoms with van der Waals surface area (Å²) in [7, 11) is 0. The largest absolute Gasteiger partial charge is 0.373 e. The Morgan fingerprint density at radius 1 is 0.955 bits per heavy atom. The zero-order valence-corrected chi connectivity index (χ0v) is 12.7. The van der Waals surface area contributed by atoms with Gasteiger partial charge in [0.15, 0.2) is 0 Å². The van der Waals surface area contributed by atoms with Crippen molar-refractivity contribution in [2.24, 2.45) is 0 Å². The predicted octanol–water partition coefficient (Wildman–Crippen LogP) is 3.05. The number of rotatable bonds is 3. The molecule has 1 heterocycles. The van der Waals surface area contributed by atoms with Crippen molar-refractivity contribution in [3.8, 4) is 0 Å². The third kappa shape index (κ3) is 2.48. The number of carbonyl (C=O) groups excluding carboxylic acids is 2. The van der Waals surface area contributed by atoms with E-state index in [2.05, 4.69) is 5.32 Å². The molecule has 0 aliphatic carbocycles. The number of carbonyl (C=O) groups is 2. The van der Waals surface area contributed by atoms with Gasteiger partial charge in [0, 0.05) is 5.69 Å². The number of amides is 2. The van der Waals surface area contributed by atoms with Gasteiger partial charge in [0.1, 0.15) is 6.04 Å². The van der Waals surface area contributed by atoms with Crippen LogP contribution in [0.15, 0.2) is 48.5 Å². The highest BCUT2D eigenvalue weighted by atomic mass is 16.2. The molecule has 2 aromatic rings. The molecule has 1 unspecified atom stereocenters. The topological polar surface area (TPSA) is 49.4 Å². The lowest BCUT2D eigenvalue weighted by molar-refractivity contribution is -0.121. The summed E-state index contributed by atoms with van der Waals surface area (Å²) in [5, 5.41) is 3.15. The molecular weight excluding hydrogens is 276 g/mol. The van der Waals surface area contributed by atoms with Gasteiger partial charge >= 0.3 is 0 Å². The maximum Gasteiger partial charge on any atom is 0.256 e. The van der Waals surface area contributed by atoms with Crippen molar-refractivity contribution in [2.75, 3.05) is 10.2 Å². The minimum Gasteiger partial charge on any atom is -0.373 e. The van der Waals surface area contributed by atoms with E-state index in [9.17, 15) is 9.59 Å². The molecule has 0 saturated carbocycles. The van der Waals surface area contributed by atoms with Crippen LogP contribution in [0.2, 0.25) is 0 Å². The first-order chi connectivity index (χ1) is 10.6. The van der Waals surface area contributed by atoms with Gasteiger partial charge in [-0.3, -0.25) is 9.59 Å². The molecule has 22 heavy (non-hydrogen) atoms. The van der Waals surface area contributed by atoms with Crippen LogP contribution in [0.3, 0.4) is 0 Å². The molecule has 0 bridgehead atoms. The first-order valence-corrected chi connectivity index (χ1v) is 7.32. The van der Waals surface area contributed by atoms with Gasteiger partial charge in [0.05, 0.1) is 12.1 Å². The van der Waals surface area contributed by atoms with Gasteiger partial charge in [-0.1, -0.05) is 36.4 Å². The first-order valence-electron chi connectivity index (χ1n) is 7.32. The molecule has 4 heteroatoms. The highest BCUT2D eigenvalue weighted by molar-refractivity contribution is 6.23.